The van der Waals surface area contributed by atoms with Crippen molar-refractivity contribution in [2.24, 2.45) is 0 Å². The molecule has 90 valence electrons. The average Bonchev–Trinajstić information content (AvgIpc) is 2.24. The van der Waals surface area contributed by atoms with Crippen molar-refractivity contribution >= 4 is 21.8 Å². The van der Waals surface area contributed by atoms with Crippen molar-refractivity contribution in [3.05, 3.63) is 0 Å². The first-order valence-corrected chi connectivity index (χ1v) is 6.32. The van der Waals surface area contributed by atoms with Crippen molar-refractivity contribution < 1.29 is 14.6 Å². The van der Waals surface area contributed by atoms with Crippen LogP contribution >= 0.6 is 15.9 Å². The fourth-order valence-electron chi connectivity index (χ4n) is 1.21. The number of hydrogen-bond acceptors (Lipinski definition) is 3. The van der Waals surface area contributed by atoms with Gasteiger partial charge in [0.05, 0.1) is 13.2 Å². The fourth-order valence-corrected chi connectivity index (χ4v) is 1.61. The van der Waals surface area contributed by atoms with Crippen LogP contribution < -0.4 is 0 Å². The van der Waals surface area contributed by atoms with Crippen LogP contribution in [-0.4, -0.2) is 54.7 Å². The minimum absolute atomic E-state index is 0.00784. The van der Waals surface area contributed by atoms with Gasteiger partial charge in [0.15, 0.2) is 0 Å². The van der Waals surface area contributed by atoms with Crippen molar-refractivity contribution in [1.29, 1.82) is 0 Å². The number of carbonyl (C=O) groups is 1. The van der Waals surface area contributed by atoms with Crippen LogP contribution in [0.3, 0.4) is 0 Å². The normalized spacial score (nSPS) is 10.3. The number of nitrogens with zero attached hydrogens (tertiary/aromatic N) is 1. The quantitative estimate of drug-likeness (QED) is 0.507. The van der Waals surface area contributed by atoms with Crippen LogP contribution in [0.1, 0.15) is 19.3 Å². The SMILES string of the molecule is COCCN(CCO)C(=O)CCCCBr. The summed E-state index contributed by atoms with van der Waals surface area (Å²) in [4.78, 5) is 13.3. The minimum atomic E-state index is 0.00784. The van der Waals surface area contributed by atoms with E-state index in [9.17, 15) is 4.79 Å². The van der Waals surface area contributed by atoms with Gasteiger partial charge in [-0.25, -0.2) is 0 Å². The zero-order valence-corrected chi connectivity index (χ0v) is 10.8. The van der Waals surface area contributed by atoms with E-state index in [2.05, 4.69) is 15.9 Å². The largest absolute Gasteiger partial charge is 0.395 e. The molecule has 0 radical (unpaired) electrons. The molecule has 0 aromatic rings. The van der Waals surface area contributed by atoms with E-state index < -0.39 is 0 Å². The number of amides is 1. The molecule has 5 heteroatoms. The first-order chi connectivity index (χ1) is 7.26. The predicted octanol–water partition coefficient (Wildman–Crippen LogP) is 1.02. The number of aliphatic hydroxyl groups is 1. The molecular formula is C10H20BrNO3. The first-order valence-electron chi connectivity index (χ1n) is 5.19. The number of alkyl halides is 1. The number of methoxy groups -OCH3 is 1. The number of halogens is 1. The van der Waals surface area contributed by atoms with E-state index >= 15 is 0 Å². The Morgan fingerprint density at radius 3 is 2.67 bits per heavy atom. The number of aliphatic hydroxyl groups excluding tert-OH is 1. The van der Waals surface area contributed by atoms with Gasteiger partial charge in [0.1, 0.15) is 0 Å². The third-order valence-corrected chi connectivity index (χ3v) is 2.62. The highest BCUT2D eigenvalue weighted by Gasteiger charge is 2.11. The van der Waals surface area contributed by atoms with Crippen LogP contribution in [0, 0.1) is 0 Å². The zero-order chi connectivity index (χ0) is 11.5. The van der Waals surface area contributed by atoms with Gasteiger partial charge in [-0.15, -0.1) is 0 Å². The molecule has 0 fully saturated rings. The molecule has 0 saturated heterocycles. The highest BCUT2D eigenvalue weighted by molar-refractivity contribution is 9.09. The molecule has 0 heterocycles. The third kappa shape index (κ3) is 7.76. The molecule has 0 atom stereocenters. The summed E-state index contributed by atoms with van der Waals surface area (Å²) in [6.07, 6.45) is 2.44. The summed E-state index contributed by atoms with van der Waals surface area (Å²) in [5, 5.41) is 9.74. The zero-order valence-electron chi connectivity index (χ0n) is 9.25. The van der Waals surface area contributed by atoms with Crippen LogP contribution in [-0.2, 0) is 9.53 Å². The predicted molar refractivity (Wildman–Crippen MR) is 63.2 cm³/mol. The Balaban J connectivity index is 3.81. The second-order valence-electron chi connectivity index (χ2n) is 3.24. The van der Waals surface area contributed by atoms with Gasteiger partial charge in [-0.05, 0) is 12.8 Å². The summed E-state index contributed by atoms with van der Waals surface area (Å²) in [5.41, 5.74) is 0. The van der Waals surface area contributed by atoms with Gasteiger partial charge < -0.3 is 14.7 Å². The van der Waals surface area contributed by atoms with Crippen LogP contribution in [0.15, 0.2) is 0 Å². The molecule has 0 spiro atoms. The maximum atomic E-state index is 11.7. The monoisotopic (exact) mass is 281 g/mol. The smallest absolute Gasteiger partial charge is 0.222 e. The molecule has 0 aromatic heterocycles. The topological polar surface area (TPSA) is 49.8 Å². The Morgan fingerprint density at radius 2 is 2.13 bits per heavy atom. The van der Waals surface area contributed by atoms with E-state index in [-0.39, 0.29) is 12.5 Å². The Kier molecular flexibility index (Phi) is 10.3. The number of unbranched alkanes of at least 4 members (excludes halogenated alkanes) is 1. The van der Waals surface area contributed by atoms with E-state index in [1.165, 1.54) is 0 Å². The van der Waals surface area contributed by atoms with E-state index in [1.807, 2.05) is 0 Å². The lowest BCUT2D eigenvalue weighted by Gasteiger charge is -2.21. The second-order valence-corrected chi connectivity index (χ2v) is 4.04. The molecule has 1 N–H and O–H groups in total. The number of ether oxygens (including phenoxy) is 1. The summed E-state index contributed by atoms with van der Waals surface area (Å²) in [6.45, 7) is 1.48. The molecule has 0 unspecified atom stereocenters. The second kappa shape index (κ2) is 10.4. The van der Waals surface area contributed by atoms with Crippen molar-refractivity contribution in [3.63, 3.8) is 0 Å². The van der Waals surface area contributed by atoms with Crippen LogP contribution in [0.25, 0.3) is 0 Å². The third-order valence-electron chi connectivity index (χ3n) is 2.06. The summed E-state index contributed by atoms with van der Waals surface area (Å²) < 4.78 is 4.91. The summed E-state index contributed by atoms with van der Waals surface area (Å²) in [5.74, 6) is 0.0991. The van der Waals surface area contributed by atoms with Crippen LogP contribution in [0.4, 0.5) is 0 Å². The lowest BCUT2D eigenvalue weighted by molar-refractivity contribution is -0.132. The maximum Gasteiger partial charge on any atom is 0.222 e. The fraction of sp³-hybridized carbons (Fsp3) is 0.900. The van der Waals surface area contributed by atoms with Gasteiger partial charge in [0.2, 0.25) is 5.91 Å². The molecule has 4 nitrogen and oxygen atoms in total. The Bertz CT molecular complexity index is 167. The van der Waals surface area contributed by atoms with Crippen LogP contribution in [0.5, 0.6) is 0 Å². The summed E-state index contributed by atoms with van der Waals surface area (Å²) in [7, 11) is 1.60. The first kappa shape index (κ1) is 14.9. The van der Waals surface area contributed by atoms with E-state index in [0.717, 1.165) is 18.2 Å². The molecule has 0 aliphatic carbocycles. The lowest BCUT2D eigenvalue weighted by atomic mass is 10.2. The Morgan fingerprint density at radius 1 is 1.40 bits per heavy atom. The number of carbonyl (C=O) groups excluding carboxylic acids is 1. The molecule has 0 aliphatic rings. The molecule has 0 rings (SSSR count). The highest BCUT2D eigenvalue weighted by atomic mass is 79.9. The average molecular weight is 282 g/mol. The van der Waals surface area contributed by atoms with Crippen molar-refractivity contribution in [3.8, 4) is 0 Å². The van der Waals surface area contributed by atoms with Gasteiger partial charge in [-0.3, -0.25) is 4.79 Å². The van der Waals surface area contributed by atoms with Crippen molar-refractivity contribution in [2.45, 2.75) is 19.3 Å². The Labute approximate surface area is 99.7 Å². The van der Waals surface area contributed by atoms with Gasteiger partial charge in [0, 0.05) is 32.0 Å². The van der Waals surface area contributed by atoms with E-state index in [1.54, 1.807) is 12.0 Å². The Hall–Kier alpha value is -0.130. The van der Waals surface area contributed by atoms with Crippen molar-refractivity contribution in [1.82, 2.24) is 4.90 Å². The minimum Gasteiger partial charge on any atom is -0.395 e. The number of rotatable bonds is 9. The van der Waals surface area contributed by atoms with Crippen molar-refractivity contribution in [2.75, 3.05) is 38.7 Å². The standard InChI is InChI=1S/C10H20BrNO3/c1-15-9-7-12(6-8-13)10(14)4-2-3-5-11/h13H,2-9H2,1H3. The molecule has 1 amide bonds. The molecule has 0 aromatic carbocycles. The molecule has 0 bridgehead atoms. The summed E-state index contributed by atoms with van der Waals surface area (Å²) in [6, 6.07) is 0. The summed E-state index contributed by atoms with van der Waals surface area (Å²) >= 11 is 3.32. The van der Waals surface area contributed by atoms with E-state index in [4.69, 9.17) is 9.84 Å². The van der Waals surface area contributed by atoms with Gasteiger partial charge in [-0.1, -0.05) is 15.9 Å². The maximum absolute atomic E-state index is 11.7. The highest BCUT2D eigenvalue weighted by Crippen LogP contribution is 2.02. The number of hydrogen-bond donors (Lipinski definition) is 1. The molecule has 0 saturated carbocycles. The molecule has 15 heavy (non-hydrogen) atoms. The molecule has 0 aliphatic heterocycles. The van der Waals surface area contributed by atoms with Gasteiger partial charge >= 0.3 is 0 Å². The van der Waals surface area contributed by atoms with Gasteiger partial charge in [0.25, 0.3) is 0 Å². The van der Waals surface area contributed by atoms with E-state index in [0.29, 0.717) is 26.1 Å². The molecular weight excluding hydrogens is 262 g/mol. The lowest BCUT2D eigenvalue weighted by Crippen LogP contribution is -2.36. The van der Waals surface area contributed by atoms with Crippen LogP contribution in [0.2, 0.25) is 0 Å². The van der Waals surface area contributed by atoms with Gasteiger partial charge in [-0.2, -0.15) is 0 Å².